The lowest BCUT2D eigenvalue weighted by molar-refractivity contribution is -0.137. The molecule has 0 radical (unpaired) electrons. The van der Waals surface area contributed by atoms with Crippen LogP contribution < -0.4 is 4.74 Å². The predicted octanol–water partition coefficient (Wildman–Crippen LogP) is 4.66. The average molecular weight is 416 g/mol. The van der Waals surface area contributed by atoms with Crippen LogP contribution in [-0.2, 0) is 10.9 Å². The summed E-state index contributed by atoms with van der Waals surface area (Å²) in [6.45, 7) is 7.20. The van der Waals surface area contributed by atoms with Gasteiger partial charge < -0.3 is 19.3 Å². The minimum Gasteiger partial charge on any atom is -0.489 e. The van der Waals surface area contributed by atoms with Gasteiger partial charge in [0.15, 0.2) is 0 Å². The highest BCUT2D eigenvalue weighted by molar-refractivity contribution is 5.68. The Morgan fingerprint density at radius 1 is 1.21 bits per heavy atom. The van der Waals surface area contributed by atoms with Gasteiger partial charge >= 0.3 is 12.3 Å². The lowest BCUT2D eigenvalue weighted by Crippen LogP contribution is -2.48. The van der Waals surface area contributed by atoms with Crippen LogP contribution in [0.4, 0.5) is 18.0 Å². The Morgan fingerprint density at radius 2 is 1.83 bits per heavy atom. The number of rotatable bonds is 5. The summed E-state index contributed by atoms with van der Waals surface area (Å²) in [6.07, 6.45) is -3.28. The maximum absolute atomic E-state index is 12.8. The van der Waals surface area contributed by atoms with Crippen LogP contribution in [0, 0.1) is 5.92 Å². The predicted molar refractivity (Wildman–Crippen MR) is 105 cm³/mol. The van der Waals surface area contributed by atoms with Crippen molar-refractivity contribution >= 4 is 6.09 Å². The van der Waals surface area contributed by atoms with E-state index in [4.69, 9.17) is 9.47 Å². The first-order valence-corrected chi connectivity index (χ1v) is 9.82. The fourth-order valence-corrected chi connectivity index (χ4v) is 3.35. The highest BCUT2D eigenvalue weighted by Gasteiger charge is 2.34. The van der Waals surface area contributed by atoms with Gasteiger partial charge in [-0.25, -0.2) is 4.79 Å². The van der Waals surface area contributed by atoms with Gasteiger partial charge in [-0.1, -0.05) is 0 Å². The molecule has 8 heteroatoms. The van der Waals surface area contributed by atoms with Gasteiger partial charge in [0, 0.05) is 25.6 Å². The zero-order chi connectivity index (χ0) is 21.8. The third-order valence-electron chi connectivity index (χ3n) is 4.65. The second-order valence-corrected chi connectivity index (χ2v) is 8.77. The molecule has 1 heterocycles. The molecule has 0 spiro atoms. The van der Waals surface area contributed by atoms with Crippen molar-refractivity contribution < 1.29 is 27.4 Å². The second kappa shape index (κ2) is 9.24. The summed E-state index contributed by atoms with van der Waals surface area (Å²) >= 11 is 0. The molecule has 1 unspecified atom stereocenters. The summed E-state index contributed by atoms with van der Waals surface area (Å²) in [7, 11) is 3.83. The van der Waals surface area contributed by atoms with Crippen molar-refractivity contribution in [1.82, 2.24) is 9.80 Å². The van der Waals surface area contributed by atoms with E-state index in [2.05, 4.69) is 0 Å². The molecular weight excluding hydrogens is 385 g/mol. The van der Waals surface area contributed by atoms with Gasteiger partial charge in [0.1, 0.15) is 17.5 Å². The Kier molecular flexibility index (Phi) is 7.43. The number of hydrogen-bond acceptors (Lipinski definition) is 4. The molecule has 5 nitrogen and oxygen atoms in total. The normalized spacial score (nSPS) is 19.2. The Hall–Kier alpha value is -1.96. The Labute approximate surface area is 170 Å². The molecule has 2 atom stereocenters. The smallest absolute Gasteiger partial charge is 0.416 e. The van der Waals surface area contributed by atoms with E-state index in [1.165, 1.54) is 12.1 Å². The average Bonchev–Trinajstić information content (AvgIpc) is 2.59. The van der Waals surface area contributed by atoms with Crippen LogP contribution in [-0.4, -0.2) is 61.3 Å². The topological polar surface area (TPSA) is 42.0 Å². The van der Waals surface area contributed by atoms with E-state index >= 15 is 0 Å². The molecule has 0 aromatic heterocycles. The maximum Gasteiger partial charge on any atom is 0.416 e. The fraction of sp³-hybridized carbons (Fsp3) is 0.667. The number of halogens is 3. The maximum atomic E-state index is 12.8. The lowest BCUT2D eigenvalue weighted by Gasteiger charge is -2.38. The monoisotopic (exact) mass is 416 g/mol. The summed E-state index contributed by atoms with van der Waals surface area (Å²) in [5.74, 6) is 0.445. The van der Waals surface area contributed by atoms with Crippen LogP contribution in [0.2, 0.25) is 0 Å². The Morgan fingerprint density at radius 3 is 2.34 bits per heavy atom. The number of benzene rings is 1. The van der Waals surface area contributed by atoms with Crippen LogP contribution in [0.5, 0.6) is 5.75 Å². The van der Waals surface area contributed by atoms with Gasteiger partial charge in [0.2, 0.25) is 0 Å². The minimum atomic E-state index is -4.38. The van der Waals surface area contributed by atoms with Gasteiger partial charge in [-0.15, -0.1) is 0 Å². The molecule has 2 rings (SSSR count). The summed E-state index contributed by atoms with van der Waals surface area (Å²) < 4.78 is 49.9. The highest BCUT2D eigenvalue weighted by Crippen LogP contribution is 2.31. The highest BCUT2D eigenvalue weighted by atomic mass is 19.4. The van der Waals surface area contributed by atoms with Crippen LogP contribution in [0.15, 0.2) is 24.3 Å². The molecule has 0 aliphatic carbocycles. The van der Waals surface area contributed by atoms with Crippen molar-refractivity contribution in [2.75, 3.05) is 33.7 Å². The lowest BCUT2D eigenvalue weighted by atomic mass is 9.92. The molecule has 1 saturated heterocycles. The molecule has 1 aromatic rings. The quantitative estimate of drug-likeness (QED) is 0.700. The van der Waals surface area contributed by atoms with Crippen molar-refractivity contribution in [3.05, 3.63) is 29.8 Å². The summed E-state index contributed by atoms with van der Waals surface area (Å²) in [6, 6.07) is 4.74. The van der Waals surface area contributed by atoms with Gasteiger partial charge in [-0.05, 0) is 72.0 Å². The Balaban J connectivity index is 2.09. The molecule has 164 valence electrons. The summed E-state index contributed by atoms with van der Waals surface area (Å²) in [5.41, 5.74) is -1.27. The number of carbonyl (C=O) groups is 1. The zero-order valence-corrected chi connectivity index (χ0v) is 17.8. The van der Waals surface area contributed by atoms with E-state index in [0.717, 1.165) is 25.0 Å². The van der Waals surface area contributed by atoms with Crippen molar-refractivity contribution in [1.29, 1.82) is 0 Å². The van der Waals surface area contributed by atoms with E-state index in [9.17, 15) is 18.0 Å². The molecule has 1 aliphatic rings. The first-order valence-electron chi connectivity index (χ1n) is 9.82. The van der Waals surface area contributed by atoms with E-state index in [1.54, 1.807) is 4.90 Å². The second-order valence-electron chi connectivity index (χ2n) is 8.77. The van der Waals surface area contributed by atoms with Gasteiger partial charge in [0.05, 0.1) is 5.56 Å². The summed E-state index contributed by atoms with van der Waals surface area (Å²) in [4.78, 5) is 16.1. The van der Waals surface area contributed by atoms with Crippen LogP contribution >= 0.6 is 0 Å². The van der Waals surface area contributed by atoms with Crippen LogP contribution in [0.25, 0.3) is 0 Å². The molecule has 0 bridgehead atoms. The largest absolute Gasteiger partial charge is 0.489 e. The number of ether oxygens (including phenoxy) is 2. The molecule has 1 amide bonds. The summed E-state index contributed by atoms with van der Waals surface area (Å²) in [5, 5.41) is 0. The molecule has 29 heavy (non-hydrogen) atoms. The number of piperidine rings is 1. The number of likely N-dealkylation sites (N-methyl/N-ethyl adjacent to an activating group) is 1. The number of amides is 1. The van der Waals surface area contributed by atoms with Crippen molar-refractivity contribution in [2.45, 2.75) is 51.5 Å². The first kappa shape index (κ1) is 23.3. The number of nitrogens with zero attached hydrogens (tertiary/aromatic N) is 2. The van der Waals surface area contributed by atoms with Gasteiger partial charge in [-0.3, -0.25) is 0 Å². The molecule has 1 aliphatic heterocycles. The standard InChI is InChI=1S/C21H31F3N2O3/c1-20(2,3)29-19(27)26-12-6-7-15(13-26)18(14-25(4)5)28-17-10-8-16(9-11-17)21(22,23)24/h8-11,15,18H,6-7,12-14H2,1-5H3/t15?,18-/m1/s1. The van der Waals surface area contributed by atoms with E-state index in [0.29, 0.717) is 25.4 Å². The fourth-order valence-electron chi connectivity index (χ4n) is 3.35. The first-order chi connectivity index (χ1) is 13.3. The number of alkyl halides is 3. The van der Waals surface area contributed by atoms with Crippen LogP contribution in [0.3, 0.4) is 0 Å². The van der Waals surface area contributed by atoms with E-state index in [1.807, 2.05) is 39.8 Å². The molecular formula is C21H31F3N2O3. The van der Waals surface area contributed by atoms with Crippen molar-refractivity contribution in [3.63, 3.8) is 0 Å². The zero-order valence-electron chi connectivity index (χ0n) is 17.8. The van der Waals surface area contributed by atoms with Crippen LogP contribution in [0.1, 0.15) is 39.2 Å². The number of carbonyl (C=O) groups excluding carboxylic acids is 1. The Bertz CT molecular complexity index is 669. The SMILES string of the molecule is CN(C)C[C@@H](Oc1ccc(C(F)(F)F)cc1)C1CCCN(C(=O)OC(C)(C)C)C1. The molecule has 0 N–H and O–H groups in total. The number of likely N-dealkylation sites (tertiary alicyclic amines) is 1. The van der Waals surface area contributed by atoms with Crippen molar-refractivity contribution in [2.24, 2.45) is 5.92 Å². The third kappa shape index (κ3) is 7.42. The minimum absolute atomic E-state index is 0.0564. The molecule has 1 fully saturated rings. The van der Waals surface area contributed by atoms with Crippen molar-refractivity contribution in [3.8, 4) is 5.75 Å². The van der Waals surface area contributed by atoms with E-state index < -0.39 is 17.3 Å². The number of hydrogen-bond donors (Lipinski definition) is 0. The van der Waals surface area contributed by atoms with Gasteiger partial charge in [0.25, 0.3) is 0 Å². The van der Waals surface area contributed by atoms with E-state index in [-0.39, 0.29) is 18.1 Å². The third-order valence-corrected chi connectivity index (χ3v) is 4.65. The molecule has 0 saturated carbocycles. The molecule has 1 aromatic carbocycles. The van der Waals surface area contributed by atoms with Gasteiger partial charge in [-0.2, -0.15) is 13.2 Å².